The van der Waals surface area contributed by atoms with Crippen LogP contribution in [0.3, 0.4) is 0 Å². The summed E-state index contributed by atoms with van der Waals surface area (Å²) in [5.74, 6) is 0. The largest absolute Gasteiger partial charge is 0.394 e. The normalized spacial score (nSPS) is 12.0. The molecule has 0 atom stereocenters. The van der Waals surface area contributed by atoms with Gasteiger partial charge in [0, 0.05) is 29.1 Å². The molecule has 2 aromatic rings. The van der Waals surface area contributed by atoms with Crippen molar-refractivity contribution in [2.24, 2.45) is 5.41 Å². The van der Waals surface area contributed by atoms with Gasteiger partial charge in [-0.1, -0.05) is 32.0 Å². The highest BCUT2D eigenvalue weighted by Crippen LogP contribution is 2.30. The summed E-state index contributed by atoms with van der Waals surface area (Å²) in [6.45, 7) is 9.22. The van der Waals surface area contributed by atoms with Gasteiger partial charge in [0.15, 0.2) is 0 Å². The van der Waals surface area contributed by atoms with Gasteiger partial charge in [0.25, 0.3) is 0 Å². The van der Waals surface area contributed by atoms with E-state index in [1.54, 1.807) is 0 Å². The lowest BCUT2D eigenvalue weighted by atomic mass is 9.88. The number of rotatable bonds is 8. The van der Waals surface area contributed by atoms with Crippen molar-refractivity contribution in [2.45, 2.75) is 46.2 Å². The molecule has 1 aromatic carbocycles. The third-order valence-corrected chi connectivity index (χ3v) is 4.89. The van der Waals surface area contributed by atoms with E-state index in [4.69, 9.17) is 8.85 Å². The molecule has 0 saturated heterocycles. The minimum absolute atomic E-state index is 0.0931. The fraction of sp³-hybridized carbons (Fsp3) is 0.471. The van der Waals surface area contributed by atoms with E-state index < -0.39 is 0 Å². The maximum Gasteiger partial charge on any atom is 0.229 e. The molecule has 0 aliphatic rings. The lowest BCUT2D eigenvalue weighted by Crippen LogP contribution is -2.36. The van der Waals surface area contributed by atoms with Gasteiger partial charge in [-0.3, -0.25) is 0 Å². The molecule has 0 spiro atoms. The Hall–Kier alpha value is -1.40. The number of aromatic nitrogens is 1. The molecular formula is C17H22N2O2Si2. The Morgan fingerprint density at radius 2 is 1.87 bits per heavy atom. The van der Waals surface area contributed by atoms with Crippen molar-refractivity contribution in [1.82, 2.24) is 4.57 Å². The van der Waals surface area contributed by atoms with Gasteiger partial charge < -0.3 is 13.4 Å². The number of aryl methyl sites for hydroxylation is 1. The van der Waals surface area contributed by atoms with Crippen molar-refractivity contribution >= 4 is 30.4 Å². The molecule has 2 rings (SSSR count). The average molecular weight is 343 g/mol. The number of fused-ring (bicyclic) bond motifs is 1. The first-order chi connectivity index (χ1) is 11.0. The summed E-state index contributed by atoms with van der Waals surface area (Å²) in [7, 11) is 0.821. The van der Waals surface area contributed by atoms with E-state index in [0.717, 1.165) is 29.4 Å². The Kier molecular flexibility index (Phi) is 6.19. The third-order valence-electron chi connectivity index (χ3n) is 3.99. The fourth-order valence-electron chi connectivity index (χ4n) is 2.60. The molecule has 1 heterocycles. The predicted molar refractivity (Wildman–Crippen MR) is 94.2 cm³/mol. The number of benzene rings is 1. The fourth-order valence-corrected chi connectivity index (χ4v) is 3.86. The molecule has 0 aliphatic carbocycles. The molecular weight excluding hydrogens is 320 g/mol. The minimum Gasteiger partial charge on any atom is -0.394 e. The van der Waals surface area contributed by atoms with Gasteiger partial charge in [-0.25, -0.2) is 0 Å². The summed E-state index contributed by atoms with van der Waals surface area (Å²) in [4.78, 5) is 0. The van der Waals surface area contributed by atoms with Crippen LogP contribution in [0.2, 0.25) is 13.1 Å². The van der Waals surface area contributed by atoms with Crippen LogP contribution in [0.4, 0.5) is 0 Å². The molecule has 1 aromatic heterocycles. The molecule has 4 nitrogen and oxygen atoms in total. The van der Waals surface area contributed by atoms with E-state index in [1.165, 1.54) is 0 Å². The number of para-hydroxylation sites is 1. The summed E-state index contributed by atoms with van der Waals surface area (Å²) >= 11 is 0. The second-order valence-electron chi connectivity index (χ2n) is 6.08. The summed E-state index contributed by atoms with van der Waals surface area (Å²) in [5.41, 5.74) is 1.74. The second kappa shape index (κ2) is 7.93. The first-order valence-electron chi connectivity index (χ1n) is 7.66. The van der Waals surface area contributed by atoms with Gasteiger partial charge in [0.1, 0.15) is 12.4 Å². The molecule has 0 amide bonds. The predicted octanol–water partition coefficient (Wildman–Crippen LogP) is 3.62. The SMILES string of the molecule is C[Si]OC(O[Si]C)C(C)(C)CCn1cc(C#N)c2ccccc21. The first-order valence-corrected chi connectivity index (χ1v) is 10.5. The lowest BCUT2D eigenvalue weighted by molar-refractivity contribution is -0.0832. The van der Waals surface area contributed by atoms with Crippen molar-refractivity contribution in [2.75, 3.05) is 0 Å². The van der Waals surface area contributed by atoms with Gasteiger partial charge in [-0.05, 0) is 25.6 Å². The highest BCUT2D eigenvalue weighted by atomic mass is 28.2. The van der Waals surface area contributed by atoms with Gasteiger partial charge in [0.05, 0.1) is 5.56 Å². The molecule has 0 unspecified atom stereocenters. The zero-order chi connectivity index (χ0) is 16.9. The topological polar surface area (TPSA) is 47.2 Å². The Morgan fingerprint density at radius 1 is 1.22 bits per heavy atom. The van der Waals surface area contributed by atoms with Crippen LogP contribution in [0.5, 0.6) is 0 Å². The summed E-state index contributed by atoms with van der Waals surface area (Å²) in [5, 5.41) is 10.3. The smallest absolute Gasteiger partial charge is 0.229 e. The zero-order valence-corrected chi connectivity index (χ0v) is 16.1. The molecule has 0 aliphatic heterocycles. The van der Waals surface area contributed by atoms with Crippen LogP contribution in [-0.2, 0) is 15.4 Å². The Bertz CT molecular complexity index is 685. The Morgan fingerprint density at radius 3 is 2.48 bits per heavy atom. The van der Waals surface area contributed by atoms with Crippen molar-refractivity contribution in [1.29, 1.82) is 5.26 Å². The second-order valence-corrected chi connectivity index (χ2v) is 7.37. The van der Waals surface area contributed by atoms with Crippen LogP contribution in [0, 0.1) is 16.7 Å². The molecule has 6 heteroatoms. The van der Waals surface area contributed by atoms with E-state index in [-0.39, 0.29) is 11.7 Å². The molecule has 120 valence electrons. The van der Waals surface area contributed by atoms with Gasteiger partial charge in [0.2, 0.25) is 19.5 Å². The van der Waals surface area contributed by atoms with Crippen molar-refractivity contribution in [3.8, 4) is 6.07 Å². The van der Waals surface area contributed by atoms with Crippen LogP contribution in [-0.4, -0.2) is 30.4 Å². The molecule has 0 saturated carbocycles. The average Bonchev–Trinajstić information content (AvgIpc) is 2.91. The first kappa shape index (κ1) is 17.9. The number of hydrogen-bond donors (Lipinski definition) is 0. The standard InChI is InChI=1S/C17H22N2O2Si2/c1-17(2,16(20-22-3)21-23-4)9-10-19-12-13(11-18)14-7-5-6-8-15(14)19/h5-8,12,16H,9-10H2,1-4H3. The monoisotopic (exact) mass is 342 g/mol. The summed E-state index contributed by atoms with van der Waals surface area (Å²) in [6, 6.07) is 10.3. The lowest BCUT2D eigenvalue weighted by Gasteiger charge is -2.34. The van der Waals surface area contributed by atoms with E-state index in [0.29, 0.717) is 19.5 Å². The minimum atomic E-state index is -0.188. The van der Waals surface area contributed by atoms with Crippen molar-refractivity contribution in [3.05, 3.63) is 36.0 Å². The number of nitrogens with zero attached hydrogens (tertiary/aromatic N) is 2. The van der Waals surface area contributed by atoms with Gasteiger partial charge >= 0.3 is 0 Å². The quantitative estimate of drug-likeness (QED) is 0.544. The zero-order valence-electron chi connectivity index (χ0n) is 14.1. The molecule has 4 radical (unpaired) electrons. The third kappa shape index (κ3) is 4.12. The molecule has 0 bridgehead atoms. The van der Waals surface area contributed by atoms with Crippen LogP contribution < -0.4 is 0 Å². The van der Waals surface area contributed by atoms with E-state index >= 15 is 0 Å². The van der Waals surface area contributed by atoms with Crippen molar-refractivity contribution in [3.63, 3.8) is 0 Å². The van der Waals surface area contributed by atoms with Crippen LogP contribution >= 0.6 is 0 Å². The van der Waals surface area contributed by atoms with E-state index in [1.807, 2.05) is 37.5 Å². The van der Waals surface area contributed by atoms with Crippen LogP contribution in [0.1, 0.15) is 25.8 Å². The molecule has 23 heavy (non-hydrogen) atoms. The van der Waals surface area contributed by atoms with Gasteiger partial charge in [-0.15, -0.1) is 0 Å². The van der Waals surface area contributed by atoms with E-state index in [9.17, 15) is 5.26 Å². The summed E-state index contributed by atoms with van der Waals surface area (Å²) < 4.78 is 13.8. The Balaban J connectivity index is 2.18. The highest BCUT2D eigenvalue weighted by molar-refractivity contribution is 6.26. The molecule has 0 fully saturated rings. The van der Waals surface area contributed by atoms with E-state index in [2.05, 4.69) is 30.6 Å². The number of hydrogen-bond acceptors (Lipinski definition) is 3. The number of nitriles is 1. The van der Waals surface area contributed by atoms with Crippen LogP contribution in [0.25, 0.3) is 10.9 Å². The highest BCUT2D eigenvalue weighted by Gasteiger charge is 2.30. The maximum absolute atomic E-state index is 9.30. The summed E-state index contributed by atoms with van der Waals surface area (Å²) in [6.07, 6.45) is 2.67. The molecule has 0 N–H and O–H groups in total. The van der Waals surface area contributed by atoms with Crippen LogP contribution in [0.15, 0.2) is 30.5 Å². The maximum atomic E-state index is 9.30. The van der Waals surface area contributed by atoms with Crippen molar-refractivity contribution < 1.29 is 8.85 Å². The van der Waals surface area contributed by atoms with Gasteiger partial charge in [-0.2, -0.15) is 5.26 Å². The Labute approximate surface area is 143 Å².